The van der Waals surface area contributed by atoms with Crippen molar-refractivity contribution >= 4 is 23.5 Å². The highest BCUT2D eigenvalue weighted by molar-refractivity contribution is 8.00. The van der Waals surface area contributed by atoms with Gasteiger partial charge in [-0.1, -0.05) is 52.0 Å². The minimum Gasteiger partial charge on any atom is -0.313 e. The van der Waals surface area contributed by atoms with Crippen LogP contribution in [0.5, 0.6) is 0 Å². The van der Waals surface area contributed by atoms with Gasteiger partial charge in [-0.25, -0.2) is 0 Å². The van der Waals surface area contributed by atoms with E-state index in [9.17, 15) is 0 Å². The Bertz CT molecular complexity index is 321. The molecule has 1 N–H and O–H groups in total. The van der Waals surface area contributed by atoms with Crippen LogP contribution in [-0.2, 0) is 0 Å². The summed E-state index contributed by atoms with van der Waals surface area (Å²) in [6.45, 7) is 12.9. The molecule has 0 fully saturated rings. The monoisotopic (exact) mass is 327 g/mol. The first-order valence-electron chi connectivity index (χ1n) is 8.00. The normalized spacial score (nSPS) is 13.8. The van der Waals surface area contributed by atoms with E-state index in [1.54, 1.807) is 0 Å². The Balaban J connectivity index is 4.35. The van der Waals surface area contributed by atoms with Gasteiger partial charge < -0.3 is 5.32 Å². The highest BCUT2D eigenvalue weighted by atomic mass is 32.2. The lowest BCUT2D eigenvalue weighted by molar-refractivity contribution is 0.675. The molecule has 0 bridgehead atoms. The van der Waals surface area contributed by atoms with Crippen molar-refractivity contribution < 1.29 is 0 Å². The number of hydrogen-bond donors (Lipinski definition) is 1. The molecule has 0 aliphatic carbocycles. The average Bonchev–Trinajstić information content (AvgIpc) is 2.47. The molecule has 3 heteroatoms. The first kappa shape index (κ1) is 20.9. The summed E-state index contributed by atoms with van der Waals surface area (Å²) in [5, 5.41) is 4.27. The van der Waals surface area contributed by atoms with Gasteiger partial charge >= 0.3 is 0 Å². The Hall–Kier alpha value is -0.120. The van der Waals surface area contributed by atoms with E-state index >= 15 is 0 Å². The smallest absolute Gasteiger partial charge is 0.0205 e. The Labute approximate surface area is 141 Å². The zero-order valence-electron chi connectivity index (χ0n) is 14.3. The molecule has 1 unspecified atom stereocenters. The maximum atomic E-state index is 4.13. The standard InChI is InChI=1S/C18H33NS2/c1-6-8-11-19-14-18(13-16(3)15-20-5)10-9-12-21-17(4)7-2/h9-10,13,17,19H,3,6-8,11-12,14-15H2,1-2,4-5H3/b10-9+,18-13+. The van der Waals surface area contributed by atoms with Crippen molar-refractivity contribution in [3.63, 3.8) is 0 Å². The molecule has 21 heavy (non-hydrogen) atoms. The third-order valence-corrected chi connectivity index (χ3v) is 5.09. The molecular weight excluding hydrogens is 294 g/mol. The lowest BCUT2D eigenvalue weighted by Gasteiger charge is -2.08. The molecule has 0 rings (SSSR count). The fourth-order valence-corrected chi connectivity index (χ4v) is 2.94. The van der Waals surface area contributed by atoms with E-state index in [1.165, 1.54) is 30.4 Å². The van der Waals surface area contributed by atoms with Crippen molar-refractivity contribution in [2.45, 2.75) is 45.3 Å². The number of unbranched alkanes of at least 4 members (excludes halogenated alkanes) is 1. The summed E-state index contributed by atoms with van der Waals surface area (Å²) in [6, 6.07) is 0. The maximum absolute atomic E-state index is 4.13. The van der Waals surface area contributed by atoms with Gasteiger partial charge in [0.2, 0.25) is 0 Å². The quantitative estimate of drug-likeness (QED) is 0.364. The van der Waals surface area contributed by atoms with Gasteiger partial charge in [0.25, 0.3) is 0 Å². The minimum absolute atomic E-state index is 0.746. The average molecular weight is 328 g/mol. The van der Waals surface area contributed by atoms with Crippen LogP contribution in [0.4, 0.5) is 0 Å². The number of hydrogen-bond acceptors (Lipinski definition) is 3. The maximum Gasteiger partial charge on any atom is 0.0205 e. The van der Waals surface area contributed by atoms with E-state index < -0.39 is 0 Å². The Morgan fingerprint density at radius 3 is 2.71 bits per heavy atom. The lowest BCUT2D eigenvalue weighted by atomic mass is 10.1. The summed E-state index contributed by atoms with van der Waals surface area (Å²) in [7, 11) is 0. The molecule has 0 saturated heterocycles. The third-order valence-electron chi connectivity index (χ3n) is 3.14. The summed E-state index contributed by atoms with van der Waals surface area (Å²) in [4.78, 5) is 0. The van der Waals surface area contributed by atoms with Crippen molar-refractivity contribution in [3.8, 4) is 0 Å². The first-order valence-corrected chi connectivity index (χ1v) is 10.4. The molecule has 0 radical (unpaired) electrons. The molecular formula is C18H33NS2. The zero-order valence-corrected chi connectivity index (χ0v) is 15.9. The van der Waals surface area contributed by atoms with Crippen molar-refractivity contribution in [2.24, 2.45) is 0 Å². The van der Waals surface area contributed by atoms with E-state index in [-0.39, 0.29) is 0 Å². The summed E-state index contributed by atoms with van der Waals surface area (Å²) in [6.07, 6.45) is 12.6. The summed E-state index contributed by atoms with van der Waals surface area (Å²) < 4.78 is 0. The van der Waals surface area contributed by atoms with Gasteiger partial charge in [0, 0.05) is 23.3 Å². The molecule has 0 saturated carbocycles. The minimum atomic E-state index is 0.746. The van der Waals surface area contributed by atoms with Crippen molar-refractivity contribution in [2.75, 3.05) is 30.9 Å². The molecule has 0 spiro atoms. The first-order chi connectivity index (χ1) is 10.1. The molecule has 1 nitrogen and oxygen atoms in total. The number of thioether (sulfide) groups is 2. The van der Waals surface area contributed by atoms with Crippen molar-refractivity contribution in [1.82, 2.24) is 5.32 Å². The van der Waals surface area contributed by atoms with Gasteiger partial charge in [0.05, 0.1) is 0 Å². The summed E-state index contributed by atoms with van der Waals surface area (Å²) in [5.74, 6) is 2.10. The number of rotatable bonds is 13. The van der Waals surface area contributed by atoms with Crippen LogP contribution in [0.2, 0.25) is 0 Å². The second-order valence-corrected chi connectivity index (χ2v) is 7.63. The molecule has 0 aliphatic rings. The van der Waals surface area contributed by atoms with Crippen LogP contribution in [0, 0.1) is 0 Å². The predicted molar refractivity (Wildman–Crippen MR) is 105 cm³/mol. The van der Waals surface area contributed by atoms with Crippen molar-refractivity contribution in [1.29, 1.82) is 0 Å². The molecule has 0 amide bonds. The molecule has 0 aromatic heterocycles. The fraction of sp³-hybridized carbons (Fsp3) is 0.667. The third kappa shape index (κ3) is 13.3. The topological polar surface area (TPSA) is 12.0 Å². The zero-order chi connectivity index (χ0) is 15.9. The van der Waals surface area contributed by atoms with Crippen LogP contribution in [0.3, 0.4) is 0 Å². The number of nitrogens with one attached hydrogen (secondary N) is 1. The van der Waals surface area contributed by atoms with E-state index in [0.717, 1.165) is 29.8 Å². The van der Waals surface area contributed by atoms with Gasteiger partial charge in [-0.15, -0.1) is 0 Å². The van der Waals surface area contributed by atoms with E-state index in [0.29, 0.717) is 0 Å². The van der Waals surface area contributed by atoms with E-state index in [1.807, 2.05) is 23.5 Å². The van der Waals surface area contributed by atoms with Crippen LogP contribution in [0.1, 0.15) is 40.0 Å². The van der Waals surface area contributed by atoms with E-state index in [2.05, 4.69) is 57.2 Å². The molecule has 0 heterocycles. The van der Waals surface area contributed by atoms with Gasteiger partial charge in [-0.2, -0.15) is 23.5 Å². The van der Waals surface area contributed by atoms with Crippen LogP contribution < -0.4 is 5.32 Å². The molecule has 1 atom stereocenters. The molecule has 0 aliphatic heterocycles. The molecule has 0 aromatic carbocycles. The van der Waals surface area contributed by atoms with Crippen molar-refractivity contribution in [3.05, 3.63) is 36.0 Å². The van der Waals surface area contributed by atoms with Crippen LogP contribution in [-0.4, -0.2) is 36.1 Å². The lowest BCUT2D eigenvalue weighted by Crippen LogP contribution is -2.17. The van der Waals surface area contributed by atoms with Gasteiger partial charge in [0.1, 0.15) is 0 Å². The summed E-state index contributed by atoms with van der Waals surface area (Å²) in [5.41, 5.74) is 2.55. The van der Waals surface area contributed by atoms with Crippen LogP contribution in [0.15, 0.2) is 36.0 Å². The predicted octanol–water partition coefficient (Wildman–Crippen LogP) is 5.31. The second kappa shape index (κ2) is 14.8. The van der Waals surface area contributed by atoms with E-state index in [4.69, 9.17) is 0 Å². The van der Waals surface area contributed by atoms with Gasteiger partial charge in [-0.3, -0.25) is 0 Å². The van der Waals surface area contributed by atoms with Crippen LogP contribution in [0.25, 0.3) is 0 Å². The molecule has 122 valence electrons. The Morgan fingerprint density at radius 1 is 1.33 bits per heavy atom. The summed E-state index contributed by atoms with van der Waals surface area (Å²) >= 11 is 3.84. The highest BCUT2D eigenvalue weighted by Crippen LogP contribution is 2.14. The number of allylic oxidation sites excluding steroid dienone is 1. The SMILES string of the molecule is C=C(/C=C(\C=C\CSC(C)CC)CNCCCC)CSC. The fourth-order valence-electron chi connectivity index (χ4n) is 1.72. The highest BCUT2D eigenvalue weighted by Gasteiger charge is 1.98. The largest absolute Gasteiger partial charge is 0.313 e. The molecule has 0 aromatic rings. The van der Waals surface area contributed by atoms with Gasteiger partial charge in [0.15, 0.2) is 0 Å². The second-order valence-electron chi connectivity index (χ2n) is 5.30. The van der Waals surface area contributed by atoms with Gasteiger partial charge in [-0.05, 0) is 36.8 Å². The Morgan fingerprint density at radius 2 is 2.10 bits per heavy atom. The van der Waals surface area contributed by atoms with Crippen LogP contribution >= 0.6 is 23.5 Å². The Kier molecular flexibility index (Phi) is 14.7.